The van der Waals surface area contributed by atoms with Crippen molar-refractivity contribution in [1.82, 2.24) is 10.2 Å². The van der Waals surface area contributed by atoms with E-state index in [9.17, 15) is 4.79 Å². The minimum absolute atomic E-state index is 0.0986. The average Bonchev–Trinajstić information content (AvgIpc) is 2.67. The van der Waals surface area contributed by atoms with E-state index in [1.807, 2.05) is 18.2 Å². The first-order valence-electron chi connectivity index (χ1n) is 6.81. The molecule has 1 fully saturated rings. The maximum Gasteiger partial charge on any atom is 0.159 e. The Hall–Kier alpha value is -1.39. The van der Waals surface area contributed by atoms with Crippen LogP contribution in [-0.2, 0) is 6.54 Å². The van der Waals surface area contributed by atoms with Crippen molar-refractivity contribution in [2.75, 3.05) is 33.3 Å². The first kappa shape index (κ1) is 14.0. The number of carbonyl (C=O) groups excluding carboxylic acids is 1. The molecule has 0 aliphatic carbocycles. The Morgan fingerprint density at radius 2 is 2.21 bits per heavy atom. The number of ether oxygens (including phenoxy) is 1. The van der Waals surface area contributed by atoms with Crippen molar-refractivity contribution in [3.8, 4) is 5.75 Å². The molecule has 0 aromatic heterocycles. The molecular formula is C15H22N2O2. The van der Waals surface area contributed by atoms with Crippen LogP contribution in [0, 0.1) is 0 Å². The van der Waals surface area contributed by atoms with Gasteiger partial charge in [-0.3, -0.25) is 9.69 Å². The number of nitrogens with zero attached hydrogens (tertiary/aromatic N) is 1. The number of ketones is 1. The van der Waals surface area contributed by atoms with Crippen molar-refractivity contribution in [2.24, 2.45) is 0 Å². The van der Waals surface area contributed by atoms with Gasteiger partial charge in [0.15, 0.2) is 5.78 Å². The lowest BCUT2D eigenvalue weighted by Gasteiger charge is -2.21. The third-order valence-corrected chi connectivity index (χ3v) is 3.51. The van der Waals surface area contributed by atoms with Crippen LogP contribution in [0.5, 0.6) is 5.75 Å². The number of nitrogens with one attached hydrogen (secondary N) is 1. The first-order chi connectivity index (χ1) is 9.20. The quantitative estimate of drug-likeness (QED) is 0.839. The summed E-state index contributed by atoms with van der Waals surface area (Å²) in [5.74, 6) is 0.962. The second-order valence-electron chi connectivity index (χ2n) is 4.96. The van der Waals surface area contributed by atoms with E-state index in [-0.39, 0.29) is 5.78 Å². The predicted molar refractivity (Wildman–Crippen MR) is 75.8 cm³/mol. The summed E-state index contributed by atoms with van der Waals surface area (Å²) in [5, 5.41) is 3.39. The molecule has 2 rings (SSSR count). The molecule has 1 N–H and O–H groups in total. The lowest BCUT2D eigenvalue weighted by Crippen LogP contribution is -2.27. The summed E-state index contributed by atoms with van der Waals surface area (Å²) in [6.45, 7) is 6.66. The molecule has 0 amide bonds. The van der Waals surface area contributed by atoms with Gasteiger partial charge >= 0.3 is 0 Å². The summed E-state index contributed by atoms with van der Waals surface area (Å²) < 4.78 is 5.40. The number of carbonyl (C=O) groups is 1. The van der Waals surface area contributed by atoms with Gasteiger partial charge in [0.25, 0.3) is 0 Å². The fraction of sp³-hybridized carbons (Fsp3) is 0.533. The van der Waals surface area contributed by atoms with E-state index >= 15 is 0 Å². The summed E-state index contributed by atoms with van der Waals surface area (Å²) in [4.78, 5) is 13.9. The third-order valence-electron chi connectivity index (χ3n) is 3.51. The summed E-state index contributed by atoms with van der Waals surface area (Å²) in [5.41, 5.74) is 1.85. The Bertz CT molecular complexity index is 438. The monoisotopic (exact) mass is 262 g/mol. The Morgan fingerprint density at radius 1 is 1.37 bits per heavy atom. The zero-order chi connectivity index (χ0) is 13.7. The molecule has 4 heteroatoms. The van der Waals surface area contributed by atoms with Crippen molar-refractivity contribution >= 4 is 5.78 Å². The molecule has 104 valence electrons. The largest absolute Gasteiger partial charge is 0.496 e. The Labute approximate surface area is 114 Å². The normalized spacial score (nSPS) is 16.9. The van der Waals surface area contributed by atoms with Crippen molar-refractivity contribution in [3.63, 3.8) is 0 Å². The smallest absolute Gasteiger partial charge is 0.159 e. The first-order valence-corrected chi connectivity index (χ1v) is 6.81. The number of rotatable bonds is 4. The van der Waals surface area contributed by atoms with Crippen LogP contribution in [-0.4, -0.2) is 44.0 Å². The molecule has 0 bridgehead atoms. The van der Waals surface area contributed by atoms with Crippen molar-refractivity contribution < 1.29 is 9.53 Å². The van der Waals surface area contributed by atoms with Crippen LogP contribution >= 0.6 is 0 Å². The highest BCUT2D eigenvalue weighted by Gasteiger charge is 2.13. The molecular weight excluding hydrogens is 240 g/mol. The van der Waals surface area contributed by atoms with Gasteiger partial charge in [0.05, 0.1) is 7.11 Å². The second-order valence-corrected chi connectivity index (χ2v) is 4.96. The van der Waals surface area contributed by atoms with Crippen LogP contribution in [0.3, 0.4) is 0 Å². The molecule has 4 nitrogen and oxygen atoms in total. The molecule has 19 heavy (non-hydrogen) atoms. The highest BCUT2D eigenvalue weighted by molar-refractivity contribution is 5.94. The highest BCUT2D eigenvalue weighted by atomic mass is 16.5. The molecule has 0 spiro atoms. The van der Waals surface area contributed by atoms with Crippen LogP contribution < -0.4 is 10.1 Å². The fourth-order valence-corrected chi connectivity index (χ4v) is 2.42. The maximum absolute atomic E-state index is 11.5. The van der Waals surface area contributed by atoms with Crippen LogP contribution in [0.2, 0.25) is 0 Å². The summed E-state index contributed by atoms with van der Waals surface area (Å²) in [6, 6.07) is 5.68. The predicted octanol–water partition coefficient (Wildman–Crippen LogP) is 1.69. The fourth-order valence-electron chi connectivity index (χ4n) is 2.42. The number of methoxy groups -OCH3 is 1. The highest BCUT2D eigenvalue weighted by Crippen LogP contribution is 2.22. The molecule has 1 aromatic rings. The SMILES string of the molecule is COc1ccc(C(C)=O)cc1CN1CCCNCC1. The molecule has 1 aliphatic heterocycles. The topological polar surface area (TPSA) is 41.6 Å². The molecule has 0 saturated carbocycles. The number of hydrogen-bond donors (Lipinski definition) is 1. The van der Waals surface area contributed by atoms with Gasteiger partial charge in [-0.05, 0) is 44.6 Å². The van der Waals surface area contributed by atoms with Gasteiger partial charge in [-0.1, -0.05) is 0 Å². The van der Waals surface area contributed by atoms with Gasteiger partial charge in [-0.2, -0.15) is 0 Å². The molecule has 1 saturated heterocycles. The van der Waals surface area contributed by atoms with Gasteiger partial charge in [0.1, 0.15) is 5.75 Å². The van der Waals surface area contributed by atoms with Crippen molar-refractivity contribution in [1.29, 1.82) is 0 Å². The van der Waals surface area contributed by atoms with Crippen LogP contribution in [0.15, 0.2) is 18.2 Å². The van der Waals surface area contributed by atoms with E-state index in [1.54, 1.807) is 14.0 Å². The van der Waals surface area contributed by atoms with E-state index in [0.717, 1.165) is 56.0 Å². The van der Waals surface area contributed by atoms with E-state index in [4.69, 9.17) is 4.74 Å². The Morgan fingerprint density at radius 3 is 2.95 bits per heavy atom. The second kappa shape index (κ2) is 6.68. The standard InChI is InChI=1S/C15H22N2O2/c1-12(18)13-4-5-15(19-2)14(10-13)11-17-8-3-6-16-7-9-17/h4-5,10,16H,3,6-9,11H2,1-2H3. The van der Waals surface area contributed by atoms with Gasteiger partial charge in [-0.25, -0.2) is 0 Å². The zero-order valence-corrected chi connectivity index (χ0v) is 11.7. The molecule has 0 atom stereocenters. The van der Waals surface area contributed by atoms with E-state index in [2.05, 4.69) is 10.2 Å². The zero-order valence-electron chi connectivity index (χ0n) is 11.7. The number of benzene rings is 1. The van der Waals surface area contributed by atoms with Gasteiger partial charge in [0.2, 0.25) is 0 Å². The molecule has 0 radical (unpaired) electrons. The summed E-state index contributed by atoms with van der Waals surface area (Å²) in [6.07, 6.45) is 1.16. The minimum Gasteiger partial charge on any atom is -0.496 e. The lowest BCUT2D eigenvalue weighted by molar-refractivity contribution is 0.101. The Kier molecular flexibility index (Phi) is 4.93. The summed E-state index contributed by atoms with van der Waals surface area (Å²) in [7, 11) is 1.68. The average molecular weight is 262 g/mol. The van der Waals surface area contributed by atoms with Gasteiger partial charge in [0, 0.05) is 30.8 Å². The number of Topliss-reactive ketones (excluding diaryl/α,β-unsaturated/α-hetero) is 1. The van der Waals surface area contributed by atoms with Crippen LogP contribution in [0.4, 0.5) is 0 Å². The van der Waals surface area contributed by atoms with Gasteiger partial charge in [-0.15, -0.1) is 0 Å². The van der Waals surface area contributed by atoms with E-state index < -0.39 is 0 Å². The molecule has 1 aliphatic rings. The Balaban J connectivity index is 2.16. The minimum atomic E-state index is 0.0986. The van der Waals surface area contributed by atoms with E-state index in [1.165, 1.54) is 0 Å². The van der Waals surface area contributed by atoms with Crippen LogP contribution in [0.25, 0.3) is 0 Å². The number of hydrogen-bond acceptors (Lipinski definition) is 4. The van der Waals surface area contributed by atoms with Crippen molar-refractivity contribution in [3.05, 3.63) is 29.3 Å². The molecule has 1 aromatic carbocycles. The van der Waals surface area contributed by atoms with E-state index in [0.29, 0.717) is 0 Å². The molecule has 1 heterocycles. The maximum atomic E-state index is 11.5. The lowest BCUT2D eigenvalue weighted by atomic mass is 10.1. The van der Waals surface area contributed by atoms with Crippen molar-refractivity contribution in [2.45, 2.75) is 19.9 Å². The molecule has 0 unspecified atom stereocenters. The summed E-state index contributed by atoms with van der Waals surface area (Å²) >= 11 is 0. The van der Waals surface area contributed by atoms with Crippen LogP contribution in [0.1, 0.15) is 29.3 Å². The third kappa shape index (κ3) is 3.78. The van der Waals surface area contributed by atoms with Gasteiger partial charge < -0.3 is 10.1 Å².